The summed E-state index contributed by atoms with van der Waals surface area (Å²) in [4.78, 5) is 20.1. The Morgan fingerprint density at radius 3 is 2.96 bits per heavy atom. The van der Waals surface area contributed by atoms with E-state index in [-0.39, 0.29) is 11.3 Å². The summed E-state index contributed by atoms with van der Waals surface area (Å²) in [5.41, 5.74) is 1.83. The molecule has 0 aliphatic heterocycles. The van der Waals surface area contributed by atoms with E-state index in [1.807, 2.05) is 18.2 Å². The van der Waals surface area contributed by atoms with Crippen molar-refractivity contribution in [1.82, 2.24) is 14.6 Å². The van der Waals surface area contributed by atoms with Gasteiger partial charge >= 0.3 is 0 Å². The standard InChI is InChI=1S/C18H13BrN4O3/c1-26-12-3-4-13-14(7-12)22-17-16(13)20-9-23(18(17)25)21-8-10-6-11(19)2-5-15(10)24/h2-9,22,24H,1H3/b21-8-. The molecule has 0 amide bonds. The number of phenols is 1. The van der Waals surface area contributed by atoms with Gasteiger partial charge in [0.2, 0.25) is 0 Å². The number of phenolic OH excluding ortho intramolecular Hbond substituents is 1. The van der Waals surface area contributed by atoms with Gasteiger partial charge in [-0.2, -0.15) is 9.78 Å². The topological polar surface area (TPSA) is 92.5 Å². The first-order valence-corrected chi connectivity index (χ1v) is 8.46. The van der Waals surface area contributed by atoms with Crippen LogP contribution in [0, 0.1) is 0 Å². The molecular weight excluding hydrogens is 400 g/mol. The van der Waals surface area contributed by atoms with E-state index in [0.29, 0.717) is 22.3 Å². The van der Waals surface area contributed by atoms with E-state index in [0.717, 1.165) is 20.1 Å². The zero-order chi connectivity index (χ0) is 18.3. The molecule has 0 aliphatic rings. The van der Waals surface area contributed by atoms with Gasteiger partial charge in [-0.15, -0.1) is 0 Å². The van der Waals surface area contributed by atoms with Crippen LogP contribution in [0.4, 0.5) is 0 Å². The van der Waals surface area contributed by atoms with Crippen LogP contribution in [0.15, 0.2) is 57.1 Å². The third-order valence-corrected chi connectivity index (χ3v) is 4.50. The monoisotopic (exact) mass is 412 g/mol. The average Bonchev–Trinajstić information content (AvgIpc) is 3.02. The Labute approximate surface area is 155 Å². The molecule has 2 heterocycles. The number of nitrogens with one attached hydrogen (secondary N) is 1. The zero-order valence-electron chi connectivity index (χ0n) is 13.6. The average molecular weight is 413 g/mol. The zero-order valence-corrected chi connectivity index (χ0v) is 15.2. The van der Waals surface area contributed by atoms with Crippen molar-refractivity contribution >= 4 is 44.1 Å². The maximum Gasteiger partial charge on any atom is 0.298 e. The van der Waals surface area contributed by atoms with Crippen LogP contribution in [0.3, 0.4) is 0 Å². The normalized spacial score (nSPS) is 11.6. The number of hydrogen-bond donors (Lipinski definition) is 2. The van der Waals surface area contributed by atoms with E-state index >= 15 is 0 Å². The summed E-state index contributed by atoms with van der Waals surface area (Å²) < 4.78 is 7.12. The fourth-order valence-corrected chi connectivity index (χ4v) is 3.07. The van der Waals surface area contributed by atoms with E-state index in [9.17, 15) is 9.90 Å². The number of hydrogen-bond acceptors (Lipinski definition) is 5. The fourth-order valence-electron chi connectivity index (χ4n) is 2.69. The number of aromatic nitrogens is 3. The second kappa shape index (κ2) is 6.30. The van der Waals surface area contributed by atoms with Crippen molar-refractivity contribution in [3.05, 3.63) is 63.1 Å². The molecule has 0 aliphatic carbocycles. The summed E-state index contributed by atoms with van der Waals surface area (Å²) in [5.74, 6) is 0.754. The number of aromatic amines is 1. The molecule has 7 nitrogen and oxygen atoms in total. The van der Waals surface area contributed by atoms with Crippen molar-refractivity contribution in [3.63, 3.8) is 0 Å². The van der Waals surface area contributed by atoms with Gasteiger partial charge in [-0.05, 0) is 30.3 Å². The number of benzene rings is 2. The Balaban J connectivity index is 1.83. The van der Waals surface area contributed by atoms with Crippen LogP contribution >= 0.6 is 15.9 Å². The van der Waals surface area contributed by atoms with E-state index in [1.165, 1.54) is 12.5 Å². The fraction of sp³-hybridized carbons (Fsp3) is 0.0556. The number of halogens is 1. The van der Waals surface area contributed by atoms with Gasteiger partial charge in [0.15, 0.2) is 0 Å². The van der Waals surface area contributed by atoms with Gasteiger partial charge in [0.05, 0.1) is 18.8 Å². The first-order valence-electron chi connectivity index (χ1n) is 7.67. The lowest BCUT2D eigenvalue weighted by molar-refractivity contribution is 0.415. The first-order chi connectivity index (χ1) is 12.6. The van der Waals surface area contributed by atoms with Gasteiger partial charge in [0, 0.05) is 21.5 Å². The number of aromatic hydroxyl groups is 1. The minimum Gasteiger partial charge on any atom is -0.507 e. The van der Waals surface area contributed by atoms with Crippen molar-refractivity contribution in [2.75, 3.05) is 7.11 Å². The molecule has 2 aromatic carbocycles. The summed E-state index contributed by atoms with van der Waals surface area (Å²) in [5, 5.41) is 14.8. The molecule has 0 spiro atoms. The highest BCUT2D eigenvalue weighted by Crippen LogP contribution is 2.25. The minimum atomic E-state index is -0.337. The lowest BCUT2D eigenvalue weighted by atomic mass is 10.2. The summed E-state index contributed by atoms with van der Waals surface area (Å²) in [6.07, 6.45) is 2.76. The number of rotatable bonds is 3. The minimum absolute atomic E-state index is 0.0664. The largest absolute Gasteiger partial charge is 0.507 e. The number of H-pyrrole nitrogens is 1. The second-order valence-electron chi connectivity index (χ2n) is 5.60. The Bertz CT molecular complexity index is 1230. The first kappa shape index (κ1) is 16.3. The van der Waals surface area contributed by atoms with Gasteiger partial charge in [-0.1, -0.05) is 15.9 Å². The molecule has 4 rings (SSSR count). The van der Waals surface area contributed by atoms with Crippen molar-refractivity contribution < 1.29 is 9.84 Å². The molecule has 0 unspecified atom stereocenters. The van der Waals surface area contributed by atoms with Gasteiger partial charge in [0.1, 0.15) is 28.9 Å². The maximum atomic E-state index is 12.7. The van der Waals surface area contributed by atoms with E-state index < -0.39 is 0 Å². The van der Waals surface area contributed by atoms with Crippen LogP contribution in [0.25, 0.3) is 21.9 Å². The van der Waals surface area contributed by atoms with Crippen LogP contribution in [0.5, 0.6) is 11.5 Å². The Kier molecular flexibility index (Phi) is 3.96. The lowest BCUT2D eigenvalue weighted by Gasteiger charge is -2.00. The SMILES string of the molecule is COc1ccc2c(c1)[nH]c1c(=O)n(/N=C\c3cc(Br)ccc3O)cnc12. The van der Waals surface area contributed by atoms with Crippen molar-refractivity contribution in [1.29, 1.82) is 0 Å². The van der Waals surface area contributed by atoms with Crippen LogP contribution < -0.4 is 10.3 Å². The van der Waals surface area contributed by atoms with E-state index in [1.54, 1.807) is 25.3 Å². The van der Waals surface area contributed by atoms with Gasteiger partial charge in [-0.25, -0.2) is 4.98 Å². The summed E-state index contributed by atoms with van der Waals surface area (Å²) in [6, 6.07) is 10.4. The second-order valence-corrected chi connectivity index (χ2v) is 6.52. The number of ether oxygens (including phenoxy) is 1. The molecule has 8 heteroatoms. The summed E-state index contributed by atoms with van der Waals surface area (Å²) in [6.45, 7) is 0. The molecule has 0 atom stereocenters. The molecule has 0 fully saturated rings. The van der Waals surface area contributed by atoms with Gasteiger partial charge in [-0.3, -0.25) is 4.79 Å². The molecule has 0 saturated heterocycles. The van der Waals surface area contributed by atoms with Crippen LogP contribution in [-0.4, -0.2) is 33.1 Å². The molecule has 0 radical (unpaired) electrons. The molecule has 2 N–H and O–H groups in total. The van der Waals surface area contributed by atoms with Crippen molar-refractivity contribution in [3.8, 4) is 11.5 Å². The lowest BCUT2D eigenvalue weighted by Crippen LogP contribution is -2.17. The molecule has 0 bridgehead atoms. The van der Waals surface area contributed by atoms with Gasteiger partial charge < -0.3 is 14.8 Å². The highest BCUT2D eigenvalue weighted by atomic mass is 79.9. The van der Waals surface area contributed by atoms with Crippen LogP contribution in [0.2, 0.25) is 0 Å². The summed E-state index contributed by atoms with van der Waals surface area (Å²) >= 11 is 3.33. The Morgan fingerprint density at radius 2 is 2.15 bits per heavy atom. The molecule has 4 aromatic rings. The Morgan fingerprint density at radius 1 is 1.31 bits per heavy atom. The molecule has 0 saturated carbocycles. The molecule has 2 aromatic heterocycles. The quantitative estimate of drug-likeness (QED) is 0.505. The van der Waals surface area contributed by atoms with Crippen LogP contribution in [0.1, 0.15) is 5.56 Å². The number of fused-ring (bicyclic) bond motifs is 3. The van der Waals surface area contributed by atoms with Crippen LogP contribution in [-0.2, 0) is 0 Å². The predicted octanol–water partition coefficient (Wildman–Crippen LogP) is 3.24. The van der Waals surface area contributed by atoms with Crippen molar-refractivity contribution in [2.45, 2.75) is 0 Å². The Hall–Kier alpha value is -3.13. The van der Waals surface area contributed by atoms with E-state index in [4.69, 9.17) is 4.74 Å². The number of nitrogens with zero attached hydrogens (tertiary/aromatic N) is 3. The van der Waals surface area contributed by atoms with Crippen molar-refractivity contribution in [2.24, 2.45) is 5.10 Å². The molecule has 26 heavy (non-hydrogen) atoms. The predicted molar refractivity (Wildman–Crippen MR) is 103 cm³/mol. The van der Waals surface area contributed by atoms with E-state index in [2.05, 4.69) is 31.0 Å². The maximum absolute atomic E-state index is 12.7. The highest BCUT2D eigenvalue weighted by molar-refractivity contribution is 9.10. The van der Waals surface area contributed by atoms with Gasteiger partial charge in [0.25, 0.3) is 5.56 Å². The molecule has 130 valence electrons. The number of methoxy groups -OCH3 is 1. The molecular formula is C18H13BrN4O3. The third kappa shape index (κ3) is 2.74. The third-order valence-electron chi connectivity index (χ3n) is 4.01. The smallest absolute Gasteiger partial charge is 0.298 e. The summed E-state index contributed by atoms with van der Waals surface area (Å²) in [7, 11) is 1.58. The highest BCUT2D eigenvalue weighted by Gasteiger charge is 2.11.